The van der Waals surface area contributed by atoms with Crippen molar-refractivity contribution in [3.63, 3.8) is 0 Å². The molecule has 0 saturated carbocycles. The highest BCUT2D eigenvalue weighted by molar-refractivity contribution is 6.61. The van der Waals surface area contributed by atoms with Gasteiger partial charge in [0.1, 0.15) is 11.5 Å². The zero-order valence-electron chi connectivity index (χ0n) is 14.5. The van der Waals surface area contributed by atoms with E-state index in [0.717, 1.165) is 12.0 Å². The Hall–Kier alpha value is -1.20. The van der Waals surface area contributed by atoms with Gasteiger partial charge in [0.2, 0.25) is 0 Å². The molecule has 1 aromatic rings. The summed E-state index contributed by atoms with van der Waals surface area (Å²) in [4.78, 5) is 0. The van der Waals surface area contributed by atoms with Crippen molar-refractivity contribution in [1.29, 1.82) is 0 Å². The van der Waals surface area contributed by atoms with E-state index in [4.69, 9.17) is 9.47 Å². The first kappa shape index (κ1) is 18.9. The van der Waals surface area contributed by atoms with Crippen molar-refractivity contribution in [3.8, 4) is 11.5 Å². The standard InChI is InChI=1S/C17H29BO4/c1-6-7-8-9-10-17(2,3)13-11-14(21-4)16(18(19)20)15(12-13)22-5/h11-12,19-20H,6-10H2,1-5H3. The number of unbranched alkanes of at least 4 members (excludes halogenated alkanes) is 3. The lowest BCUT2D eigenvalue weighted by molar-refractivity contribution is 0.379. The maximum Gasteiger partial charge on any atom is 0.496 e. The van der Waals surface area contributed by atoms with Gasteiger partial charge in [0, 0.05) is 0 Å². The Morgan fingerprint density at radius 1 is 1.00 bits per heavy atom. The zero-order valence-corrected chi connectivity index (χ0v) is 14.5. The fraction of sp³-hybridized carbons (Fsp3) is 0.647. The molecular formula is C17H29BO4. The van der Waals surface area contributed by atoms with Crippen molar-refractivity contribution < 1.29 is 19.5 Å². The first-order chi connectivity index (χ1) is 10.4. The Bertz CT molecular complexity index is 447. The van der Waals surface area contributed by atoms with E-state index in [0.29, 0.717) is 11.5 Å². The molecule has 1 aromatic carbocycles. The normalized spacial score (nSPS) is 11.4. The minimum Gasteiger partial charge on any atom is -0.497 e. The molecule has 0 bridgehead atoms. The van der Waals surface area contributed by atoms with Crippen LogP contribution in [0.2, 0.25) is 0 Å². The number of hydrogen-bond acceptors (Lipinski definition) is 4. The summed E-state index contributed by atoms with van der Waals surface area (Å²) in [6.07, 6.45) is 5.97. The van der Waals surface area contributed by atoms with Crippen LogP contribution in [0.1, 0.15) is 58.4 Å². The molecule has 0 spiro atoms. The Labute approximate surface area is 134 Å². The Balaban J connectivity index is 3.08. The van der Waals surface area contributed by atoms with E-state index in [1.807, 2.05) is 12.1 Å². The average Bonchev–Trinajstić information content (AvgIpc) is 2.49. The summed E-state index contributed by atoms with van der Waals surface area (Å²) in [5.74, 6) is 0.900. The molecule has 0 aliphatic rings. The number of ether oxygens (including phenoxy) is 2. The van der Waals surface area contributed by atoms with Gasteiger partial charge in [0.25, 0.3) is 0 Å². The molecule has 1 rings (SSSR count). The molecule has 124 valence electrons. The summed E-state index contributed by atoms with van der Waals surface area (Å²) in [6.45, 7) is 6.60. The van der Waals surface area contributed by atoms with E-state index in [9.17, 15) is 10.0 Å². The summed E-state index contributed by atoms with van der Waals surface area (Å²) in [7, 11) is 1.43. The molecule has 0 atom stereocenters. The zero-order chi connectivity index (χ0) is 16.8. The Kier molecular flexibility index (Phi) is 7.23. The Morgan fingerprint density at radius 2 is 1.55 bits per heavy atom. The molecule has 0 heterocycles. The number of benzene rings is 1. The maximum atomic E-state index is 9.54. The van der Waals surface area contributed by atoms with Gasteiger partial charge in [-0.3, -0.25) is 0 Å². The first-order valence-corrected chi connectivity index (χ1v) is 8.00. The third-order valence-corrected chi connectivity index (χ3v) is 4.24. The van der Waals surface area contributed by atoms with E-state index < -0.39 is 7.12 Å². The van der Waals surface area contributed by atoms with E-state index in [1.165, 1.54) is 39.9 Å². The molecular weight excluding hydrogens is 279 g/mol. The summed E-state index contributed by atoms with van der Waals surface area (Å²) in [5.41, 5.74) is 1.34. The topological polar surface area (TPSA) is 58.9 Å². The predicted octanol–water partition coefficient (Wildman–Crippen LogP) is 2.63. The second-order valence-corrected chi connectivity index (χ2v) is 6.36. The van der Waals surface area contributed by atoms with Crippen LogP contribution in [0.15, 0.2) is 12.1 Å². The van der Waals surface area contributed by atoms with Crippen molar-refractivity contribution >= 4 is 12.6 Å². The third kappa shape index (κ3) is 4.65. The molecule has 5 heteroatoms. The van der Waals surface area contributed by atoms with Gasteiger partial charge in [-0.1, -0.05) is 46.5 Å². The van der Waals surface area contributed by atoms with Crippen LogP contribution in [0.4, 0.5) is 0 Å². The van der Waals surface area contributed by atoms with Crippen molar-refractivity contribution in [2.45, 2.75) is 58.3 Å². The summed E-state index contributed by atoms with van der Waals surface area (Å²) < 4.78 is 10.7. The minimum atomic E-state index is -1.62. The van der Waals surface area contributed by atoms with Gasteiger partial charge < -0.3 is 19.5 Å². The molecule has 0 radical (unpaired) electrons. The van der Waals surface area contributed by atoms with Gasteiger partial charge in [-0.05, 0) is 29.5 Å². The van der Waals surface area contributed by atoms with Crippen LogP contribution in [-0.2, 0) is 5.41 Å². The number of methoxy groups -OCH3 is 2. The first-order valence-electron chi connectivity index (χ1n) is 8.00. The van der Waals surface area contributed by atoms with Gasteiger partial charge in [-0.25, -0.2) is 0 Å². The van der Waals surface area contributed by atoms with Crippen molar-refractivity contribution in [1.82, 2.24) is 0 Å². The third-order valence-electron chi connectivity index (χ3n) is 4.24. The van der Waals surface area contributed by atoms with Crippen LogP contribution in [0.3, 0.4) is 0 Å². The Morgan fingerprint density at radius 3 is 1.95 bits per heavy atom. The van der Waals surface area contributed by atoms with Crippen LogP contribution in [-0.4, -0.2) is 31.4 Å². The summed E-state index contributed by atoms with van der Waals surface area (Å²) in [5, 5.41) is 19.1. The second kappa shape index (κ2) is 8.44. The molecule has 22 heavy (non-hydrogen) atoms. The lowest BCUT2D eigenvalue weighted by atomic mass is 9.74. The van der Waals surface area contributed by atoms with Crippen LogP contribution in [0.25, 0.3) is 0 Å². The molecule has 2 N–H and O–H groups in total. The van der Waals surface area contributed by atoms with Gasteiger partial charge in [0.05, 0.1) is 19.7 Å². The van der Waals surface area contributed by atoms with Crippen molar-refractivity contribution in [2.75, 3.05) is 14.2 Å². The van der Waals surface area contributed by atoms with Crippen LogP contribution in [0.5, 0.6) is 11.5 Å². The average molecular weight is 308 g/mol. The molecule has 0 fully saturated rings. The highest BCUT2D eigenvalue weighted by Crippen LogP contribution is 2.34. The van der Waals surface area contributed by atoms with E-state index in [2.05, 4.69) is 20.8 Å². The van der Waals surface area contributed by atoms with E-state index >= 15 is 0 Å². The molecule has 0 aliphatic carbocycles. The molecule has 0 saturated heterocycles. The molecule has 0 aliphatic heterocycles. The largest absolute Gasteiger partial charge is 0.497 e. The van der Waals surface area contributed by atoms with Gasteiger partial charge in [0.15, 0.2) is 0 Å². The highest BCUT2D eigenvalue weighted by Gasteiger charge is 2.28. The highest BCUT2D eigenvalue weighted by atomic mass is 16.5. The lowest BCUT2D eigenvalue weighted by Gasteiger charge is -2.27. The summed E-state index contributed by atoms with van der Waals surface area (Å²) in [6, 6.07) is 3.77. The SMILES string of the molecule is CCCCCCC(C)(C)c1cc(OC)c(B(O)O)c(OC)c1. The fourth-order valence-electron chi connectivity index (χ4n) is 2.72. The quantitative estimate of drug-likeness (QED) is 0.544. The molecule has 0 unspecified atom stereocenters. The molecule has 0 aromatic heterocycles. The van der Waals surface area contributed by atoms with Crippen molar-refractivity contribution in [3.05, 3.63) is 17.7 Å². The lowest BCUT2D eigenvalue weighted by Crippen LogP contribution is -2.33. The van der Waals surface area contributed by atoms with Crippen molar-refractivity contribution in [2.24, 2.45) is 0 Å². The molecule has 0 amide bonds. The van der Waals surface area contributed by atoms with E-state index in [-0.39, 0.29) is 10.9 Å². The van der Waals surface area contributed by atoms with E-state index in [1.54, 1.807) is 0 Å². The monoisotopic (exact) mass is 308 g/mol. The fourth-order valence-corrected chi connectivity index (χ4v) is 2.72. The number of rotatable bonds is 9. The van der Waals surface area contributed by atoms with Gasteiger partial charge >= 0.3 is 7.12 Å². The second-order valence-electron chi connectivity index (χ2n) is 6.36. The van der Waals surface area contributed by atoms with Crippen LogP contribution < -0.4 is 14.9 Å². The summed E-state index contributed by atoms with van der Waals surface area (Å²) >= 11 is 0. The van der Waals surface area contributed by atoms with Gasteiger partial charge in [-0.15, -0.1) is 0 Å². The predicted molar refractivity (Wildman–Crippen MR) is 91.2 cm³/mol. The minimum absolute atomic E-state index is 0.0206. The maximum absolute atomic E-state index is 9.54. The van der Waals surface area contributed by atoms with Crippen LogP contribution in [0, 0.1) is 0 Å². The van der Waals surface area contributed by atoms with Crippen LogP contribution >= 0.6 is 0 Å². The number of hydrogen-bond donors (Lipinski definition) is 2. The smallest absolute Gasteiger partial charge is 0.496 e. The van der Waals surface area contributed by atoms with Gasteiger partial charge in [-0.2, -0.15) is 0 Å². The molecule has 4 nitrogen and oxygen atoms in total.